The molecular formula is CH4BaN2S. The van der Waals surface area contributed by atoms with E-state index in [1.165, 1.54) is 0 Å². The van der Waals surface area contributed by atoms with Gasteiger partial charge < -0.3 is 11.5 Å². The molecule has 0 heterocycles. The Balaban J connectivity index is 0. The molecule has 0 rings (SSSR count). The van der Waals surface area contributed by atoms with E-state index in [0.717, 1.165) is 0 Å². The van der Waals surface area contributed by atoms with Gasteiger partial charge in [-0.05, 0) is 12.2 Å². The first-order valence-corrected chi connectivity index (χ1v) is 1.19. The molecule has 0 aromatic heterocycles. The molecule has 0 atom stereocenters. The average molecular weight is 213 g/mol. The molecule has 0 amide bonds. The Morgan fingerprint density at radius 3 is 1.40 bits per heavy atom. The summed E-state index contributed by atoms with van der Waals surface area (Å²) >= 11 is 4.09. The van der Waals surface area contributed by atoms with Gasteiger partial charge in [0.1, 0.15) is 0 Å². The molecule has 4 heteroatoms. The van der Waals surface area contributed by atoms with Gasteiger partial charge in [-0.25, -0.2) is 0 Å². The molecule has 0 aromatic rings. The molecule has 0 spiro atoms. The summed E-state index contributed by atoms with van der Waals surface area (Å²) in [6.07, 6.45) is 0. The Labute approximate surface area is 76.4 Å². The number of rotatable bonds is 0. The van der Waals surface area contributed by atoms with Gasteiger partial charge in [0.05, 0.1) is 0 Å². The van der Waals surface area contributed by atoms with Gasteiger partial charge in [0.2, 0.25) is 0 Å². The minimum absolute atomic E-state index is 0. The molecule has 0 aliphatic heterocycles. The fourth-order valence-electron chi connectivity index (χ4n) is 0. The van der Waals surface area contributed by atoms with Crippen molar-refractivity contribution in [3.05, 3.63) is 0 Å². The van der Waals surface area contributed by atoms with Crippen molar-refractivity contribution in [1.29, 1.82) is 0 Å². The molecule has 0 bridgehead atoms. The Morgan fingerprint density at radius 2 is 1.40 bits per heavy atom. The molecule has 0 unspecified atom stereocenters. The monoisotopic (exact) mass is 214 g/mol. The van der Waals surface area contributed by atoms with Crippen LogP contribution in [-0.2, 0) is 0 Å². The minimum Gasteiger partial charge on any atom is -0.377 e. The zero-order chi connectivity index (χ0) is 3.58. The topological polar surface area (TPSA) is 52.0 Å². The van der Waals surface area contributed by atoms with E-state index >= 15 is 0 Å². The van der Waals surface area contributed by atoms with Crippen molar-refractivity contribution in [2.75, 3.05) is 0 Å². The van der Waals surface area contributed by atoms with Crippen LogP contribution in [0.25, 0.3) is 0 Å². The molecule has 0 aromatic carbocycles. The van der Waals surface area contributed by atoms with Gasteiger partial charge in [0, 0.05) is 48.9 Å². The van der Waals surface area contributed by atoms with E-state index in [2.05, 4.69) is 23.7 Å². The molecule has 0 fully saturated rings. The van der Waals surface area contributed by atoms with Gasteiger partial charge in [0.25, 0.3) is 0 Å². The zero-order valence-corrected chi connectivity index (χ0v) is 8.03. The van der Waals surface area contributed by atoms with Crippen LogP contribution < -0.4 is 11.5 Å². The summed E-state index contributed by atoms with van der Waals surface area (Å²) in [7, 11) is 0. The standard InChI is InChI=1S/CH4N2S.Ba/c2-1(3)4;/h(H4,2,3,4);. The molecule has 0 saturated heterocycles. The summed E-state index contributed by atoms with van der Waals surface area (Å²) in [5.41, 5.74) is 9.24. The van der Waals surface area contributed by atoms with Crippen LogP contribution in [0.1, 0.15) is 0 Å². The summed E-state index contributed by atoms with van der Waals surface area (Å²) in [6.45, 7) is 0. The maximum absolute atomic E-state index is 4.62. The second-order valence-corrected chi connectivity index (χ2v) is 0.874. The second-order valence-electron chi connectivity index (χ2n) is 0.402. The Kier molecular flexibility index (Phi) is 10.0. The number of nitrogens with two attached hydrogens (primary N) is 2. The van der Waals surface area contributed by atoms with Crippen LogP contribution in [0.2, 0.25) is 0 Å². The van der Waals surface area contributed by atoms with Crippen molar-refractivity contribution in [3.8, 4) is 0 Å². The van der Waals surface area contributed by atoms with E-state index in [9.17, 15) is 0 Å². The van der Waals surface area contributed by atoms with Crippen LogP contribution in [0.15, 0.2) is 0 Å². The molecule has 26 valence electrons. The van der Waals surface area contributed by atoms with E-state index in [4.69, 9.17) is 0 Å². The third-order valence-electron chi connectivity index (χ3n) is 0. The maximum Gasteiger partial charge on any atom is 0.160 e. The third kappa shape index (κ3) is 35.2. The fourth-order valence-corrected chi connectivity index (χ4v) is 0. The average Bonchev–Trinajstić information content (AvgIpc) is 0.811. The first kappa shape index (κ1) is 9.54. The van der Waals surface area contributed by atoms with Gasteiger partial charge >= 0.3 is 0 Å². The van der Waals surface area contributed by atoms with Crippen LogP contribution in [0.5, 0.6) is 0 Å². The van der Waals surface area contributed by atoms with Gasteiger partial charge in [0.15, 0.2) is 5.11 Å². The van der Waals surface area contributed by atoms with Gasteiger partial charge in [-0.1, -0.05) is 0 Å². The van der Waals surface area contributed by atoms with Gasteiger partial charge in [-0.15, -0.1) is 0 Å². The molecule has 0 aliphatic rings. The first-order chi connectivity index (χ1) is 1.73. The van der Waals surface area contributed by atoms with E-state index < -0.39 is 0 Å². The SMILES string of the molecule is NC(N)=S.[Ba]. The van der Waals surface area contributed by atoms with Crippen molar-refractivity contribution in [3.63, 3.8) is 0 Å². The van der Waals surface area contributed by atoms with E-state index in [1.54, 1.807) is 0 Å². The predicted molar refractivity (Wildman–Crippen MR) is 26.7 cm³/mol. The number of thiocarbonyl (C=S) groups is 1. The fraction of sp³-hybridized carbons (Fsp3) is 0. The van der Waals surface area contributed by atoms with Crippen molar-refractivity contribution in [2.24, 2.45) is 11.5 Å². The quantitative estimate of drug-likeness (QED) is 0.393. The van der Waals surface area contributed by atoms with Crippen LogP contribution in [0, 0.1) is 0 Å². The molecule has 2 nitrogen and oxygen atoms in total. The van der Waals surface area contributed by atoms with Crippen LogP contribution in [0.4, 0.5) is 0 Å². The maximum atomic E-state index is 4.62. The Bertz CT molecular complexity index is 32.6. The minimum atomic E-state index is 0. The third-order valence-corrected chi connectivity index (χ3v) is 0. The Hall–Kier alpha value is 1.26. The van der Waals surface area contributed by atoms with Crippen molar-refractivity contribution < 1.29 is 0 Å². The second kappa shape index (κ2) is 5.26. The molecule has 2 radical (unpaired) electrons. The van der Waals surface area contributed by atoms with Crippen LogP contribution in [-0.4, -0.2) is 54.0 Å². The molecular weight excluding hydrogens is 209 g/mol. The van der Waals surface area contributed by atoms with E-state index in [1.807, 2.05) is 0 Å². The van der Waals surface area contributed by atoms with Crippen LogP contribution >= 0.6 is 12.2 Å². The largest absolute Gasteiger partial charge is 0.377 e. The van der Waals surface area contributed by atoms with E-state index in [0.29, 0.717) is 0 Å². The molecule has 5 heavy (non-hydrogen) atoms. The summed E-state index contributed by atoms with van der Waals surface area (Å²) in [5, 5.41) is 0.000000000000000222. The molecule has 4 N–H and O–H groups in total. The van der Waals surface area contributed by atoms with E-state index in [-0.39, 0.29) is 54.0 Å². The van der Waals surface area contributed by atoms with Crippen molar-refractivity contribution >= 4 is 66.2 Å². The summed E-state index contributed by atoms with van der Waals surface area (Å²) < 4.78 is 0. The predicted octanol–water partition coefficient (Wildman–Crippen LogP) is -1.19. The first-order valence-electron chi connectivity index (χ1n) is 0.781. The number of hydrogen-bond donors (Lipinski definition) is 2. The van der Waals surface area contributed by atoms with Gasteiger partial charge in [-0.3, -0.25) is 0 Å². The summed E-state index contributed by atoms with van der Waals surface area (Å²) in [4.78, 5) is 0. The smallest absolute Gasteiger partial charge is 0.160 e. The Morgan fingerprint density at radius 1 is 1.40 bits per heavy atom. The van der Waals surface area contributed by atoms with Crippen LogP contribution in [0.3, 0.4) is 0 Å². The number of hydrogen-bond acceptors (Lipinski definition) is 1. The molecule has 0 saturated carbocycles. The summed E-state index contributed by atoms with van der Waals surface area (Å²) in [5.74, 6) is 0. The zero-order valence-electron chi connectivity index (χ0n) is 2.77. The molecule has 0 aliphatic carbocycles. The van der Waals surface area contributed by atoms with Gasteiger partial charge in [-0.2, -0.15) is 0 Å². The normalized spacial score (nSPS) is 4.80. The van der Waals surface area contributed by atoms with Crippen molar-refractivity contribution in [2.45, 2.75) is 0 Å². The van der Waals surface area contributed by atoms with Crippen molar-refractivity contribution in [1.82, 2.24) is 0 Å². The summed E-state index contributed by atoms with van der Waals surface area (Å²) in [6, 6.07) is 0.